The van der Waals surface area contributed by atoms with E-state index in [1.54, 1.807) is 36.1 Å². The number of pyridine rings is 1. The van der Waals surface area contributed by atoms with E-state index in [9.17, 15) is 9.90 Å². The van der Waals surface area contributed by atoms with E-state index >= 15 is 0 Å². The molecule has 0 amide bonds. The van der Waals surface area contributed by atoms with Gasteiger partial charge in [0.15, 0.2) is 0 Å². The molecule has 0 saturated heterocycles. The number of aromatic hydroxyl groups is 1. The van der Waals surface area contributed by atoms with Crippen molar-refractivity contribution in [2.24, 2.45) is 0 Å². The molecule has 0 atom stereocenters. The van der Waals surface area contributed by atoms with Gasteiger partial charge < -0.3 is 9.84 Å². The van der Waals surface area contributed by atoms with E-state index in [0.717, 1.165) is 22.4 Å². The number of nitrogens with zero attached hydrogens (tertiary/aromatic N) is 3. The van der Waals surface area contributed by atoms with Crippen LogP contribution in [-0.2, 0) is 11.2 Å². The smallest absolute Gasteiger partial charge is 0.356 e. The van der Waals surface area contributed by atoms with E-state index in [0.29, 0.717) is 13.0 Å². The van der Waals surface area contributed by atoms with Crippen LogP contribution in [0.2, 0.25) is 0 Å². The molecule has 0 spiro atoms. The van der Waals surface area contributed by atoms with Crippen LogP contribution < -0.4 is 0 Å². The number of rotatable bonds is 5. The predicted molar refractivity (Wildman–Crippen MR) is 93.0 cm³/mol. The molecule has 0 saturated carbocycles. The van der Waals surface area contributed by atoms with E-state index in [1.807, 2.05) is 31.3 Å². The summed E-state index contributed by atoms with van der Waals surface area (Å²) in [5, 5.41) is 14.5. The summed E-state index contributed by atoms with van der Waals surface area (Å²) in [6.45, 7) is 3.98. The molecule has 0 fully saturated rings. The van der Waals surface area contributed by atoms with Crippen molar-refractivity contribution in [3.63, 3.8) is 0 Å². The van der Waals surface area contributed by atoms with Gasteiger partial charge in [0.25, 0.3) is 0 Å². The molecule has 3 aromatic rings. The maximum absolute atomic E-state index is 11.9. The summed E-state index contributed by atoms with van der Waals surface area (Å²) < 4.78 is 6.67. The molecular weight excluding hydrogens is 318 g/mol. The van der Waals surface area contributed by atoms with Gasteiger partial charge in [0.2, 0.25) is 0 Å². The highest BCUT2D eigenvalue weighted by Gasteiger charge is 2.13. The molecule has 6 heteroatoms. The van der Waals surface area contributed by atoms with Crippen molar-refractivity contribution in [2.75, 3.05) is 6.61 Å². The monoisotopic (exact) mass is 337 g/mol. The highest BCUT2D eigenvalue weighted by atomic mass is 16.5. The number of esters is 1. The van der Waals surface area contributed by atoms with E-state index in [2.05, 4.69) is 10.1 Å². The van der Waals surface area contributed by atoms with Crippen LogP contribution in [0.5, 0.6) is 5.75 Å². The second kappa shape index (κ2) is 7.17. The minimum atomic E-state index is -0.443. The van der Waals surface area contributed by atoms with Gasteiger partial charge in [-0.15, -0.1) is 0 Å². The fourth-order valence-electron chi connectivity index (χ4n) is 2.54. The van der Waals surface area contributed by atoms with Gasteiger partial charge in [-0.25, -0.2) is 14.5 Å². The van der Waals surface area contributed by atoms with Gasteiger partial charge in [0, 0.05) is 31.1 Å². The number of phenols is 1. The molecule has 0 radical (unpaired) electrons. The van der Waals surface area contributed by atoms with E-state index in [4.69, 9.17) is 4.74 Å². The molecule has 0 aliphatic rings. The molecule has 3 rings (SSSR count). The lowest BCUT2D eigenvalue weighted by Crippen LogP contribution is -2.08. The molecule has 6 nitrogen and oxygen atoms in total. The second-order valence-corrected chi connectivity index (χ2v) is 5.66. The maximum atomic E-state index is 11.9. The summed E-state index contributed by atoms with van der Waals surface area (Å²) in [6.07, 6.45) is 5.64. The van der Waals surface area contributed by atoms with Crippen molar-refractivity contribution in [2.45, 2.75) is 20.3 Å². The summed E-state index contributed by atoms with van der Waals surface area (Å²) in [5.74, 6) is -0.260. The van der Waals surface area contributed by atoms with Crippen LogP contribution in [0.3, 0.4) is 0 Å². The first-order valence-corrected chi connectivity index (χ1v) is 8.03. The van der Waals surface area contributed by atoms with Crippen molar-refractivity contribution in [1.29, 1.82) is 0 Å². The van der Waals surface area contributed by atoms with E-state index in [-0.39, 0.29) is 11.4 Å². The van der Waals surface area contributed by atoms with Crippen molar-refractivity contribution >= 4 is 5.97 Å². The summed E-state index contributed by atoms with van der Waals surface area (Å²) in [5.41, 5.74) is 3.68. The van der Waals surface area contributed by atoms with Gasteiger partial charge in [-0.2, -0.15) is 5.10 Å². The summed E-state index contributed by atoms with van der Waals surface area (Å²) in [4.78, 5) is 16.0. The third-order valence-corrected chi connectivity index (χ3v) is 3.92. The number of carbonyl (C=O) groups excluding carboxylic acids is 1. The molecule has 128 valence electrons. The van der Waals surface area contributed by atoms with Crippen molar-refractivity contribution in [3.05, 3.63) is 71.3 Å². The third-order valence-electron chi connectivity index (χ3n) is 3.92. The Morgan fingerprint density at radius 3 is 2.80 bits per heavy atom. The van der Waals surface area contributed by atoms with Crippen LogP contribution in [0.15, 0.2) is 48.9 Å². The van der Waals surface area contributed by atoms with Gasteiger partial charge in [-0.05, 0) is 48.7 Å². The van der Waals surface area contributed by atoms with Crippen LogP contribution >= 0.6 is 0 Å². The minimum absolute atomic E-state index is 0.182. The predicted octanol–water partition coefficient (Wildman–Crippen LogP) is 3.05. The first kappa shape index (κ1) is 16.7. The van der Waals surface area contributed by atoms with Crippen LogP contribution in [0, 0.1) is 6.92 Å². The van der Waals surface area contributed by atoms with Gasteiger partial charge in [0.1, 0.15) is 11.4 Å². The number of ether oxygens (including phenoxy) is 1. The van der Waals surface area contributed by atoms with Crippen molar-refractivity contribution < 1.29 is 14.6 Å². The first-order chi connectivity index (χ1) is 12.1. The Bertz CT molecular complexity index is 889. The standard InChI is InChI=1S/C19H19N3O3/c1-3-25-19(24)17-10-15(13(2)12-20-17)9-14-5-6-16(11-18(14)23)22-8-4-7-21-22/h4-8,10-12,23H,3,9H2,1-2H3. The van der Waals surface area contributed by atoms with Crippen molar-refractivity contribution in [3.8, 4) is 11.4 Å². The number of hydrogen-bond acceptors (Lipinski definition) is 5. The zero-order chi connectivity index (χ0) is 17.8. The van der Waals surface area contributed by atoms with Gasteiger partial charge >= 0.3 is 5.97 Å². The Labute approximate surface area is 145 Å². The fraction of sp³-hybridized carbons (Fsp3) is 0.211. The number of phenolic OH excluding ortho intramolecular Hbond substituents is 1. The SMILES string of the molecule is CCOC(=O)c1cc(Cc2ccc(-n3cccn3)cc2O)c(C)cn1. The van der Waals surface area contributed by atoms with Crippen LogP contribution in [0.1, 0.15) is 34.1 Å². The highest BCUT2D eigenvalue weighted by Crippen LogP contribution is 2.25. The third kappa shape index (κ3) is 3.68. The molecule has 2 aromatic heterocycles. The van der Waals surface area contributed by atoms with Gasteiger partial charge in [-0.3, -0.25) is 0 Å². The average molecular weight is 337 g/mol. The molecule has 0 aliphatic carbocycles. The molecule has 1 N–H and O–H groups in total. The Morgan fingerprint density at radius 1 is 1.28 bits per heavy atom. The molecule has 2 heterocycles. The van der Waals surface area contributed by atoms with Crippen LogP contribution in [-0.4, -0.2) is 32.4 Å². The summed E-state index contributed by atoms with van der Waals surface area (Å²) in [7, 11) is 0. The van der Waals surface area contributed by atoms with E-state index < -0.39 is 5.97 Å². The largest absolute Gasteiger partial charge is 0.508 e. The summed E-state index contributed by atoms with van der Waals surface area (Å²) >= 11 is 0. The number of hydrogen-bond donors (Lipinski definition) is 1. The number of aromatic nitrogens is 3. The molecular formula is C19H19N3O3. The lowest BCUT2D eigenvalue weighted by molar-refractivity contribution is 0.0519. The van der Waals surface area contributed by atoms with E-state index in [1.165, 1.54) is 0 Å². The molecule has 25 heavy (non-hydrogen) atoms. The number of benzene rings is 1. The topological polar surface area (TPSA) is 77.2 Å². The first-order valence-electron chi connectivity index (χ1n) is 8.03. The highest BCUT2D eigenvalue weighted by molar-refractivity contribution is 5.87. The molecule has 1 aromatic carbocycles. The minimum Gasteiger partial charge on any atom is -0.508 e. The van der Waals surface area contributed by atoms with Crippen LogP contribution in [0.25, 0.3) is 5.69 Å². The lowest BCUT2D eigenvalue weighted by Gasteiger charge is -2.11. The zero-order valence-corrected chi connectivity index (χ0v) is 14.1. The van der Waals surface area contributed by atoms with Crippen molar-refractivity contribution in [1.82, 2.24) is 14.8 Å². The normalized spacial score (nSPS) is 10.6. The Hall–Kier alpha value is -3.15. The molecule has 0 bridgehead atoms. The Kier molecular flexibility index (Phi) is 4.79. The van der Waals surface area contributed by atoms with Gasteiger partial charge in [-0.1, -0.05) is 6.07 Å². The zero-order valence-electron chi connectivity index (χ0n) is 14.1. The Morgan fingerprint density at radius 2 is 2.12 bits per heavy atom. The molecule has 0 aliphatic heterocycles. The van der Waals surface area contributed by atoms with Crippen LogP contribution in [0.4, 0.5) is 0 Å². The lowest BCUT2D eigenvalue weighted by atomic mass is 10.0. The number of carbonyl (C=O) groups is 1. The summed E-state index contributed by atoms with van der Waals surface area (Å²) in [6, 6.07) is 8.96. The average Bonchev–Trinajstić information content (AvgIpc) is 3.13. The maximum Gasteiger partial charge on any atom is 0.356 e. The quantitative estimate of drug-likeness (QED) is 0.724. The molecule has 0 unspecified atom stereocenters. The number of aryl methyl sites for hydroxylation is 1. The second-order valence-electron chi connectivity index (χ2n) is 5.66. The Balaban J connectivity index is 1.87. The fourth-order valence-corrected chi connectivity index (χ4v) is 2.54. The van der Waals surface area contributed by atoms with Gasteiger partial charge in [0.05, 0.1) is 12.3 Å².